The Hall–Kier alpha value is -7.42. The van der Waals surface area contributed by atoms with Crippen LogP contribution in [0.1, 0.15) is 23.7 Å². The van der Waals surface area contributed by atoms with E-state index in [9.17, 15) is 17.6 Å². The number of nitrogens with one attached hydrogen (secondary N) is 1. The summed E-state index contributed by atoms with van der Waals surface area (Å²) in [4.78, 5) is 8.27. The van der Waals surface area contributed by atoms with Crippen molar-refractivity contribution < 1.29 is 26.6 Å². The molecule has 0 spiro atoms. The molecule has 0 unspecified atom stereocenters. The zero-order chi connectivity index (χ0) is 37.9. The predicted molar refractivity (Wildman–Crippen MR) is 183 cm³/mol. The maximum Gasteiger partial charge on any atom is 0.182 e. The second-order valence-electron chi connectivity index (χ2n) is 10.7. The van der Waals surface area contributed by atoms with Crippen molar-refractivity contribution >= 4 is 11.7 Å². The summed E-state index contributed by atoms with van der Waals surface area (Å²) in [6.07, 6.45) is 7.42. The Bertz CT molecular complexity index is 2380. The monoisotopic (exact) mass is 724 g/mol. The van der Waals surface area contributed by atoms with Crippen molar-refractivity contribution in [2.45, 2.75) is 20.0 Å². The number of nitrogen functional groups attached to an aromatic ring is 2. The van der Waals surface area contributed by atoms with Gasteiger partial charge in [-0.15, -0.1) is 0 Å². The molecule has 0 bridgehead atoms. The number of nitrogens with two attached hydrogens (primary N) is 2. The number of amidine groups is 1. The van der Waals surface area contributed by atoms with E-state index in [1.807, 2.05) is 13.0 Å². The molecule has 0 radical (unpaired) electrons. The zero-order valence-corrected chi connectivity index (χ0v) is 27.7. The largest absolute Gasteiger partial charge is 0.384 e. The smallest absolute Gasteiger partial charge is 0.182 e. The molecule has 0 saturated heterocycles. The van der Waals surface area contributed by atoms with Gasteiger partial charge < -0.3 is 20.5 Å². The number of benzene rings is 2. The van der Waals surface area contributed by atoms with Crippen LogP contribution < -0.4 is 11.5 Å². The van der Waals surface area contributed by atoms with E-state index in [0.29, 0.717) is 40.1 Å². The molecule has 7 rings (SSSR count). The predicted octanol–water partition coefficient (Wildman–Crippen LogP) is 6.14. The topological polar surface area (TPSA) is 213 Å². The fraction of sp³-hybridized carbons (Fsp3) is 0.0857. The Balaban J connectivity index is 0.000000184. The quantitative estimate of drug-likeness (QED) is 0.0701. The van der Waals surface area contributed by atoms with Crippen molar-refractivity contribution in [3.8, 4) is 40.4 Å². The number of allylic oxidation sites excluding steroid dienone is 2. The minimum atomic E-state index is -0.549. The van der Waals surface area contributed by atoms with Crippen LogP contribution in [0.15, 0.2) is 107 Å². The van der Waals surface area contributed by atoms with Crippen molar-refractivity contribution in [1.29, 1.82) is 10.7 Å². The lowest BCUT2D eigenvalue weighted by Gasteiger charge is -2.07. The first kappa shape index (κ1) is 36.9. The minimum Gasteiger partial charge on any atom is -0.384 e. The van der Waals surface area contributed by atoms with E-state index in [-0.39, 0.29) is 35.7 Å². The molecule has 2 aromatic carbocycles. The van der Waals surface area contributed by atoms with Crippen LogP contribution in [0.4, 0.5) is 23.4 Å². The average Bonchev–Trinajstić information content (AvgIpc) is 3.97. The lowest BCUT2D eigenvalue weighted by atomic mass is 10.2. The highest BCUT2D eigenvalue weighted by atomic mass is 19.1. The lowest BCUT2D eigenvalue weighted by molar-refractivity contribution is 0.421. The van der Waals surface area contributed by atoms with E-state index in [1.54, 1.807) is 30.3 Å². The van der Waals surface area contributed by atoms with Crippen LogP contribution in [-0.2, 0) is 13.1 Å². The molecule has 53 heavy (non-hydrogen) atoms. The Morgan fingerprint density at radius 1 is 0.811 bits per heavy atom. The number of aromatic nitrogens is 8. The van der Waals surface area contributed by atoms with Crippen molar-refractivity contribution in [3.05, 3.63) is 138 Å². The van der Waals surface area contributed by atoms with Gasteiger partial charge in [0.25, 0.3) is 0 Å². The van der Waals surface area contributed by atoms with E-state index in [1.165, 1.54) is 40.2 Å². The highest BCUT2D eigenvalue weighted by molar-refractivity contribution is 5.94. The number of rotatable bonds is 8. The number of nitriles is 1. The van der Waals surface area contributed by atoms with Crippen LogP contribution in [0, 0.1) is 40.0 Å². The second-order valence-corrected chi connectivity index (χ2v) is 10.7. The molecule has 0 aliphatic rings. The first-order chi connectivity index (χ1) is 25.6. The molecule has 0 aliphatic carbocycles. The van der Waals surface area contributed by atoms with Crippen LogP contribution in [0.25, 0.3) is 34.3 Å². The number of halogens is 4. The molecule has 5 N–H and O–H groups in total. The third kappa shape index (κ3) is 9.43. The number of hydrogen-bond donors (Lipinski definition) is 3. The van der Waals surface area contributed by atoms with Crippen LogP contribution >= 0.6 is 0 Å². The molecular formula is C35H28F4N12O2. The Labute approximate surface area is 298 Å². The molecular weight excluding hydrogens is 696 g/mol. The number of nitrogens with zero attached hydrogens (tertiary/aromatic N) is 9. The number of anilines is 1. The highest BCUT2D eigenvalue weighted by Crippen LogP contribution is 2.25. The number of hydrogen-bond acceptors (Lipinski definition) is 11. The van der Waals surface area contributed by atoms with Gasteiger partial charge in [-0.1, -0.05) is 16.4 Å². The molecule has 268 valence electrons. The van der Waals surface area contributed by atoms with Crippen molar-refractivity contribution in [2.75, 3.05) is 5.73 Å². The highest BCUT2D eigenvalue weighted by Gasteiger charge is 2.18. The van der Waals surface area contributed by atoms with E-state index >= 15 is 0 Å². The minimum absolute atomic E-state index is 0.00585. The molecule has 5 heterocycles. The molecule has 18 heteroatoms. The van der Waals surface area contributed by atoms with Gasteiger partial charge in [0.05, 0.1) is 30.5 Å². The second kappa shape index (κ2) is 17.0. The Kier molecular flexibility index (Phi) is 11.8. The first-order valence-electron chi connectivity index (χ1n) is 15.3. The van der Waals surface area contributed by atoms with Gasteiger partial charge in [-0.2, -0.15) is 15.5 Å². The zero-order valence-electron chi connectivity index (χ0n) is 27.7. The molecule has 7 aromatic rings. The maximum absolute atomic E-state index is 14.0. The van der Waals surface area contributed by atoms with Gasteiger partial charge in [-0.05, 0) is 61.5 Å². The summed E-state index contributed by atoms with van der Waals surface area (Å²) < 4.78 is 67.1. The van der Waals surface area contributed by atoms with Crippen LogP contribution in [0.3, 0.4) is 0 Å². The summed E-state index contributed by atoms with van der Waals surface area (Å²) in [5.74, 6) is -1.78. The van der Waals surface area contributed by atoms with Gasteiger partial charge in [0, 0.05) is 35.5 Å². The summed E-state index contributed by atoms with van der Waals surface area (Å²) >= 11 is 0. The first-order valence-corrected chi connectivity index (χ1v) is 15.3. The Morgan fingerprint density at radius 3 is 1.85 bits per heavy atom. The third-order valence-electron chi connectivity index (χ3n) is 7.04. The van der Waals surface area contributed by atoms with Gasteiger partial charge in [-0.25, -0.2) is 27.5 Å². The van der Waals surface area contributed by atoms with Crippen LogP contribution in [0.5, 0.6) is 0 Å². The van der Waals surface area contributed by atoms with Gasteiger partial charge in [0.2, 0.25) is 0 Å². The SMILES string of the molecule is CC=CC#N.N=C(N)c1cc(-c2ccon2)n(Cc2cc(F)ccc2F)n1.Nc1ccnc(-c2cc(-c3ccon3)n(Cc3cc(F)ccc3F)n2)n1. The average molecular weight is 725 g/mol. The normalized spacial score (nSPS) is 10.6. The molecule has 0 aliphatic heterocycles. The fourth-order valence-corrected chi connectivity index (χ4v) is 4.64. The summed E-state index contributed by atoms with van der Waals surface area (Å²) in [6, 6.07) is 16.3. The van der Waals surface area contributed by atoms with E-state index in [4.69, 9.17) is 31.2 Å². The lowest BCUT2D eigenvalue weighted by Crippen LogP contribution is -2.13. The van der Waals surface area contributed by atoms with E-state index in [2.05, 4.69) is 30.5 Å². The van der Waals surface area contributed by atoms with Gasteiger partial charge in [-0.3, -0.25) is 14.8 Å². The summed E-state index contributed by atoms with van der Waals surface area (Å²) in [5.41, 5.74) is 14.0. The third-order valence-corrected chi connectivity index (χ3v) is 7.04. The van der Waals surface area contributed by atoms with E-state index in [0.717, 1.165) is 36.4 Å². The van der Waals surface area contributed by atoms with Gasteiger partial charge in [0.15, 0.2) is 5.82 Å². The maximum atomic E-state index is 14.0. The van der Waals surface area contributed by atoms with E-state index < -0.39 is 23.3 Å². The summed E-state index contributed by atoms with van der Waals surface area (Å²) in [5, 5.41) is 31.4. The van der Waals surface area contributed by atoms with Crippen molar-refractivity contribution in [3.63, 3.8) is 0 Å². The standard InChI is InChI=1S/C17H12F2N6O.C14H11F2N5O.C4H5N/c18-11-1-2-12(19)10(7-11)9-25-15(13-4-6-26-24-13)8-14(23-25)17-21-5-3-16(20)22-17;15-9-1-2-10(16)8(5-9)7-21-13(11-3-4-22-20-11)6-12(19-21)14(17)18;1-2-3-4-5/h1-8H,9H2,(H2,20,21,22);1-6H,7H2,(H3,17,18);2-3H,1H3. The van der Waals surface area contributed by atoms with Crippen molar-refractivity contribution in [2.24, 2.45) is 5.73 Å². The van der Waals surface area contributed by atoms with Crippen LogP contribution in [-0.4, -0.2) is 45.7 Å². The van der Waals surface area contributed by atoms with Gasteiger partial charge >= 0.3 is 0 Å². The van der Waals surface area contributed by atoms with Crippen LogP contribution in [0.2, 0.25) is 0 Å². The van der Waals surface area contributed by atoms with Gasteiger partial charge in [0.1, 0.15) is 70.2 Å². The summed E-state index contributed by atoms with van der Waals surface area (Å²) in [6.45, 7) is 1.77. The molecule has 0 amide bonds. The van der Waals surface area contributed by atoms with Crippen molar-refractivity contribution in [1.82, 2.24) is 39.8 Å². The molecule has 0 fully saturated rings. The molecule has 14 nitrogen and oxygen atoms in total. The summed E-state index contributed by atoms with van der Waals surface area (Å²) in [7, 11) is 0. The molecule has 5 aromatic heterocycles. The Morgan fingerprint density at radius 2 is 1.38 bits per heavy atom. The fourth-order valence-electron chi connectivity index (χ4n) is 4.64. The molecule has 0 atom stereocenters. The molecule has 0 saturated carbocycles.